The topological polar surface area (TPSA) is 75.7 Å². The Morgan fingerprint density at radius 3 is 2.76 bits per heavy atom. The Kier molecular flexibility index (Phi) is 4.42. The van der Waals surface area contributed by atoms with Gasteiger partial charge in [0.15, 0.2) is 6.10 Å². The van der Waals surface area contributed by atoms with E-state index in [2.05, 4.69) is 5.32 Å². The van der Waals surface area contributed by atoms with Crippen LogP contribution in [0.1, 0.15) is 17.3 Å². The van der Waals surface area contributed by atoms with Gasteiger partial charge in [-0.1, -0.05) is 11.6 Å². The smallest absolute Gasteiger partial charge is 0.341 e. The standard InChI is InChI=1S/C13H12ClFN2O4/c1-7(11(18)17-5-4-16-13(17)20)21-12(19)9-3-2-8(14)6-10(9)15/h2-3,6-7H,4-5H2,1H3,(H,16,20)/t7-/m0/s1. The number of halogens is 2. The summed E-state index contributed by atoms with van der Waals surface area (Å²) < 4.78 is 18.5. The monoisotopic (exact) mass is 314 g/mol. The van der Waals surface area contributed by atoms with Crippen LogP contribution in [0.25, 0.3) is 0 Å². The van der Waals surface area contributed by atoms with Gasteiger partial charge in [0.05, 0.1) is 5.56 Å². The molecule has 1 atom stereocenters. The van der Waals surface area contributed by atoms with Crippen LogP contribution in [-0.4, -0.2) is 42.0 Å². The average Bonchev–Trinajstić information content (AvgIpc) is 2.83. The van der Waals surface area contributed by atoms with Crippen molar-refractivity contribution >= 4 is 29.5 Å². The van der Waals surface area contributed by atoms with E-state index in [9.17, 15) is 18.8 Å². The van der Waals surface area contributed by atoms with Crippen molar-refractivity contribution in [2.75, 3.05) is 13.1 Å². The fourth-order valence-electron chi connectivity index (χ4n) is 1.83. The van der Waals surface area contributed by atoms with E-state index in [1.54, 1.807) is 0 Å². The minimum absolute atomic E-state index is 0.141. The number of carbonyl (C=O) groups is 3. The van der Waals surface area contributed by atoms with Gasteiger partial charge in [0.1, 0.15) is 5.82 Å². The summed E-state index contributed by atoms with van der Waals surface area (Å²) in [5.41, 5.74) is -0.329. The van der Waals surface area contributed by atoms with E-state index in [1.165, 1.54) is 19.1 Å². The number of ether oxygens (including phenoxy) is 1. The van der Waals surface area contributed by atoms with E-state index >= 15 is 0 Å². The van der Waals surface area contributed by atoms with Gasteiger partial charge in [-0.25, -0.2) is 14.0 Å². The molecule has 112 valence electrons. The first-order chi connectivity index (χ1) is 9.90. The summed E-state index contributed by atoms with van der Waals surface area (Å²) in [7, 11) is 0. The molecule has 1 aromatic carbocycles. The lowest BCUT2D eigenvalue weighted by atomic mass is 10.2. The molecule has 1 aliphatic rings. The second kappa shape index (κ2) is 6.09. The summed E-state index contributed by atoms with van der Waals surface area (Å²) in [5, 5.41) is 2.60. The summed E-state index contributed by atoms with van der Waals surface area (Å²) in [6, 6.07) is 2.93. The first-order valence-corrected chi connectivity index (χ1v) is 6.53. The quantitative estimate of drug-likeness (QED) is 0.859. The minimum Gasteiger partial charge on any atom is -0.449 e. The van der Waals surface area contributed by atoms with Crippen molar-refractivity contribution in [3.63, 3.8) is 0 Å². The molecule has 1 aliphatic heterocycles. The van der Waals surface area contributed by atoms with Crippen LogP contribution < -0.4 is 5.32 Å². The van der Waals surface area contributed by atoms with Crippen molar-refractivity contribution in [3.8, 4) is 0 Å². The number of hydrogen-bond donors (Lipinski definition) is 1. The number of nitrogens with one attached hydrogen (secondary N) is 1. The fraction of sp³-hybridized carbons (Fsp3) is 0.308. The van der Waals surface area contributed by atoms with Crippen LogP contribution in [0, 0.1) is 5.82 Å². The molecule has 3 amide bonds. The highest BCUT2D eigenvalue weighted by Crippen LogP contribution is 2.16. The maximum atomic E-state index is 13.6. The Balaban J connectivity index is 2.05. The van der Waals surface area contributed by atoms with E-state index in [4.69, 9.17) is 16.3 Å². The van der Waals surface area contributed by atoms with E-state index in [0.29, 0.717) is 6.54 Å². The van der Waals surface area contributed by atoms with Crippen molar-refractivity contribution in [2.45, 2.75) is 13.0 Å². The van der Waals surface area contributed by atoms with Crippen LogP contribution in [-0.2, 0) is 9.53 Å². The van der Waals surface area contributed by atoms with Crippen molar-refractivity contribution in [3.05, 3.63) is 34.6 Å². The summed E-state index contributed by atoms with van der Waals surface area (Å²) in [6.45, 7) is 1.87. The molecule has 0 saturated carbocycles. The molecule has 0 radical (unpaired) electrons. The Morgan fingerprint density at radius 2 is 2.19 bits per heavy atom. The molecule has 0 aliphatic carbocycles. The number of carbonyl (C=O) groups excluding carboxylic acids is 3. The number of amides is 3. The third-order valence-corrected chi connectivity index (χ3v) is 3.14. The number of hydrogen-bond acceptors (Lipinski definition) is 4. The molecular formula is C13H12ClFN2O4. The van der Waals surface area contributed by atoms with Crippen molar-refractivity contribution in [1.82, 2.24) is 10.2 Å². The normalized spacial score (nSPS) is 15.6. The molecule has 0 spiro atoms. The summed E-state index contributed by atoms with van der Waals surface area (Å²) in [6.07, 6.45) is -1.20. The second-order valence-corrected chi connectivity index (χ2v) is 4.83. The zero-order valence-electron chi connectivity index (χ0n) is 11.1. The Bertz CT molecular complexity index is 608. The molecule has 21 heavy (non-hydrogen) atoms. The predicted octanol–water partition coefficient (Wildman–Crippen LogP) is 1.58. The van der Waals surface area contributed by atoms with Crippen molar-refractivity contribution in [1.29, 1.82) is 0 Å². The van der Waals surface area contributed by atoms with Gasteiger partial charge in [-0.05, 0) is 25.1 Å². The van der Waals surface area contributed by atoms with Crippen LogP contribution in [0.2, 0.25) is 5.02 Å². The van der Waals surface area contributed by atoms with Gasteiger partial charge < -0.3 is 10.1 Å². The molecule has 0 aromatic heterocycles. The molecule has 6 nitrogen and oxygen atoms in total. The van der Waals surface area contributed by atoms with E-state index in [0.717, 1.165) is 11.0 Å². The summed E-state index contributed by atoms with van der Waals surface area (Å²) >= 11 is 5.58. The number of nitrogens with zero attached hydrogens (tertiary/aromatic N) is 1. The fourth-order valence-corrected chi connectivity index (χ4v) is 1.99. The molecule has 1 aromatic rings. The first-order valence-electron chi connectivity index (χ1n) is 6.15. The Labute approximate surface area is 124 Å². The molecule has 1 fully saturated rings. The second-order valence-electron chi connectivity index (χ2n) is 4.39. The maximum absolute atomic E-state index is 13.6. The van der Waals surface area contributed by atoms with Crippen molar-refractivity contribution in [2.24, 2.45) is 0 Å². The average molecular weight is 315 g/mol. The van der Waals surface area contributed by atoms with Gasteiger partial charge in [-0.2, -0.15) is 0 Å². The number of imide groups is 1. The molecule has 2 rings (SSSR count). The predicted molar refractivity (Wildman–Crippen MR) is 71.4 cm³/mol. The lowest BCUT2D eigenvalue weighted by molar-refractivity contribution is -0.136. The zero-order valence-corrected chi connectivity index (χ0v) is 11.8. The van der Waals surface area contributed by atoms with Gasteiger partial charge in [0.2, 0.25) is 0 Å². The third kappa shape index (κ3) is 3.30. The summed E-state index contributed by atoms with van der Waals surface area (Å²) in [4.78, 5) is 36.0. The number of benzene rings is 1. The molecule has 1 saturated heterocycles. The number of urea groups is 1. The highest BCUT2D eigenvalue weighted by Gasteiger charge is 2.32. The highest BCUT2D eigenvalue weighted by molar-refractivity contribution is 6.30. The lowest BCUT2D eigenvalue weighted by Crippen LogP contribution is -2.41. The Hall–Kier alpha value is -2.15. The van der Waals surface area contributed by atoms with E-state index < -0.39 is 29.8 Å². The molecule has 8 heteroatoms. The van der Waals surface area contributed by atoms with Gasteiger partial charge in [0.25, 0.3) is 5.91 Å². The van der Waals surface area contributed by atoms with Crippen LogP contribution in [0.3, 0.4) is 0 Å². The molecular weight excluding hydrogens is 303 g/mol. The molecule has 1 N–H and O–H groups in total. The molecule has 0 unspecified atom stereocenters. The lowest BCUT2D eigenvalue weighted by Gasteiger charge is -2.18. The van der Waals surface area contributed by atoms with E-state index in [1.807, 2.05) is 0 Å². The first kappa shape index (κ1) is 15.2. The Morgan fingerprint density at radius 1 is 1.48 bits per heavy atom. The van der Waals surface area contributed by atoms with Crippen molar-refractivity contribution < 1.29 is 23.5 Å². The zero-order chi connectivity index (χ0) is 15.6. The maximum Gasteiger partial charge on any atom is 0.341 e. The van der Waals surface area contributed by atoms with Gasteiger partial charge in [0, 0.05) is 18.1 Å². The number of esters is 1. The SMILES string of the molecule is C[C@H](OC(=O)c1ccc(Cl)cc1F)C(=O)N1CCNC1=O. The molecule has 1 heterocycles. The molecule has 0 bridgehead atoms. The van der Waals surface area contributed by atoms with Gasteiger partial charge in [-0.3, -0.25) is 9.69 Å². The van der Waals surface area contributed by atoms with Crippen LogP contribution >= 0.6 is 11.6 Å². The van der Waals surface area contributed by atoms with Gasteiger partial charge in [-0.15, -0.1) is 0 Å². The van der Waals surface area contributed by atoms with E-state index in [-0.39, 0.29) is 17.1 Å². The van der Waals surface area contributed by atoms with Gasteiger partial charge >= 0.3 is 12.0 Å². The summed E-state index contributed by atoms with van der Waals surface area (Å²) in [5.74, 6) is -2.50. The largest absolute Gasteiger partial charge is 0.449 e. The number of rotatable bonds is 3. The highest BCUT2D eigenvalue weighted by atomic mass is 35.5. The van der Waals surface area contributed by atoms with Crippen LogP contribution in [0.5, 0.6) is 0 Å². The third-order valence-electron chi connectivity index (χ3n) is 2.91. The van der Waals surface area contributed by atoms with Crippen LogP contribution in [0.4, 0.5) is 9.18 Å². The minimum atomic E-state index is -1.20. The van der Waals surface area contributed by atoms with Crippen LogP contribution in [0.15, 0.2) is 18.2 Å².